The van der Waals surface area contributed by atoms with Gasteiger partial charge >= 0.3 is 0 Å². The molecule has 2 N–H and O–H groups in total. The van der Waals surface area contributed by atoms with Crippen LogP contribution in [0.2, 0.25) is 0 Å². The molecule has 5 heteroatoms. The van der Waals surface area contributed by atoms with E-state index in [4.69, 9.17) is 15.0 Å². The smallest absolute Gasteiger partial charge is 0.182 e. The molecule has 0 aliphatic rings. The van der Waals surface area contributed by atoms with Gasteiger partial charge in [0.25, 0.3) is 0 Å². The van der Waals surface area contributed by atoms with E-state index in [1.54, 1.807) is 0 Å². The Balaban J connectivity index is 3.18. The van der Waals surface area contributed by atoms with Crippen LogP contribution in [0.25, 0.3) is 0 Å². The Labute approximate surface area is 170 Å². The lowest BCUT2D eigenvalue weighted by atomic mass is 10.0. The summed E-state index contributed by atoms with van der Waals surface area (Å²) in [5.74, 6) is 0. The summed E-state index contributed by atoms with van der Waals surface area (Å²) in [6.07, 6.45) is 23.9. The predicted octanol–water partition coefficient (Wildman–Crippen LogP) is 7.02. The maximum atomic E-state index is 10.6. The zero-order valence-corrected chi connectivity index (χ0v) is 19.3. The molecular weight excluding hydrogens is 357 g/mol. The molecule has 0 heterocycles. The molecule has 0 fully saturated rings. The highest BCUT2D eigenvalue weighted by Gasteiger charge is 2.07. The fourth-order valence-electron chi connectivity index (χ4n) is 3.49. The van der Waals surface area contributed by atoms with Gasteiger partial charge in [-0.2, -0.15) is 0 Å². The molecule has 0 aliphatic heterocycles. The van der Waals surface area contributed by atoms with Crippen molar-refractivity contribution in [1.82, 2.24) is 0 Å². The topological polar surface area (TPSA) is 61.6 Å². The minimum atomic E-state index is -1.20. The molecule has 0 aromatic heterocycles. The van der Waals surface area contributed by atoms with Crippen LogP contribution in [0.15, 0.2) is 0 Å². The van der Waals surface area contributed by atoms with Crippen LogP contribution in [0.3, 0.4) is 0 Å². The SMILES string of the molecule is CCCCCCCCCCCCCCCCCCCC(OCCN)O[PH2]=O. The zero-order valence-electron chi connectivity index (χ0n) is 18.1. The Bertz CT molecular complexity index is 293. The van der Waals surface area contributed by atoms with Gasteiger partial charge in [0.1, 0.15) is 0 Å². The van der Waals surface area contributed by atoms with Crippen molar-refractivity contribution in [2.45, 2.75) is 129 Å². The van der Waals surface area contributed by atoms with E-state index in [2.05, 4.69) is 6.92 Å². The molecule has 2 unspecified atom stereocenters. The minimum Gasteiger partial charge on any atom is -0.351 e. The lowest BCUT2D eigenvalue weighted by Gasteiger charge is -2.14. The summed E-state index contributed by atoms with van der Waals surface area (Å²) in [7, 11) is -1.20. The van der Waals surface area contributed by atoms with Crippen molar-refractivity contribution in [3.8, 4) is 0 Å². The van der Waals surface area contributed by atoms with E-state index < -0.39 is 8.69 Å². The Morgan fingerprint density at radius 3 is 1.48 bits per heavy atom. The standard InChI is InChI=1S/C22H48NO3P/c1-2-3-4-5-6-7-8-9-10-11-12-13-14-15-16-17-18-19-22(26-27-24)25-21-20-23/h22H,2-21,23,27H2,1H3. The van der Waals surface area contributed by atoms with Gasteiger partial charge in [-0.05, 0) is 12.8 Å². The molecule has 27 heavy (non-hydrogen) atoms. The second kappa shape index (κ2) is 24.1. The molecule has 164 valence electrons. The lowest BCUT2D eigenvalue weighted by Crippen LogP contribution is -2.18. The summed E-state index contributed by atoms with van der Waals surface area (Å²) in [6.45, 7) is 3.24. The minimum absolute atomic E-state index is 0.322. The largest absolute Gasteiger partial charge is 0.351 e. The van der Waals surface area contributed by atoms with Crippen molar-refractivity contribution in [2.24, 2.45) is 5.73 Å². The highest BCUT2D eigenvalue weighted by molar-refractivity contribution is 7.17. The van der Waals surface area contributed by atoms with Crippen LogP contribution in [-0.2, 0) is 13.8 Å². The molecule has 0 saturated carbocycles. The monoisotopic (exact) mass is 405 g/mol. The van der Waals surface area contributed by atoms with Crippen LogP contribution in [0.5, 0.6) is 0 Å². The number of rotatable bonds is 23. The van der Waals surface area contributed by atoms with Crippen LogP contribution < -0.4 is 5.73 Å². The summed E-state index contributed by atoms with van der Waals surface area (Å²) in [4.78, 5) is 0. The predicted molar refractivity (Wildman–Crippen MR) is 119 cm³/mol. The van der Waals surface area contributed by atoms with Crippen molar-refractivity contribution in [3.05, 3.63) is 0 Å². The summed E-state index contributed by atoms with van der Waals surface area (Å²) < 4.78 is 21.2. The molecule has 0 amide bonds. The van der Waals surface area contributed by atoms with Crippen LogP contribution in [0.4, 0.5) is 0 Å². The Morgan fingerprint density at radius 2 is 1.11 bits per heavy atom. The Hall–Kier alpha value is 0.110. The van der Waals surface area contributed by atoms with Gasteiger partial charge in [0.15, 0.2) is 15.0 Å². The molecule has 0 spiro atoms. The van der Waals surface area contributed by atoms with Crippen LogP contribution in [0.1, 0.15) is 122 Å². The third-order valence-electron chi connectivity index (χ3n) is 5.17. The van der Waals surface area contributed by atoms with Crippen molar-refractivity contribution in [3.63, 3.8) is 0 Å². The molecule has 0 bridgehead atoms. The Morgan fingerprint density at radius 1 is 0.704 bits per heavy atom. The van der Waals surface area contributed by atoms with E-state index in [0.29, 0.717) is 13.2 Å². The highest BCUT2D eigenvalue weighted by Crippen LogP contribution is 2.16. The van der Waals surface area contributed by atoms with E-state index in [0.717, 1.165) is 12.8 Å². The van der Waals surface area contributed by atoms with E-state index in [9.17, 15) is 4.57 Å². The molecule has 0 radical (unpaired) electrons. The normalized spacial score (nSPS) is 13.0. The maximum absolute atomic E-state index is 10.6. The lowest BCUT2D eigenvalue weighted by molar-refractivity contribution is -0.0759. The highest BCUT2D eigenvalue weighted by atomic mass is 31.1. The number of ether oxygens (including phenoxy) is 1. The number of hydrogen-bond acceptors (Lipinski definition) is 4. The van der Waals surface area contributed by atoms with E-state index >= 15 is 0 Å². The van der Waals surface area contributed by atoms with Crippen molar-refractivity contribution >= 4 is 8.69 Å². The van der Waals surface area contributed by atoms with Gasteiger partial charge in [-0.1, -0.05) is 110 Å². The Kier molecular flexibility index (Phi) is 24.2. The summed E-state index contributed by atoms with van der Waals surface area (Å²) in [5.41, 5.74) is 5.42. The molecule has 0 saturated heterocycles. The average molecular weight is 406 g/mol. The second-order valence-electron chi connectivity index (χ2n) is 7.77. The fourth-order valence-corrected chi connectivity index (χ4v) is 3.83. The van der Waals surface area contributed by atoms with E-state index in [1.807, 2.05) is 0 Å². The van der Waals surface area contributed by atoms with Crippen molar-refractivity contribution in [1.29, 1.82) is 0 Å². The van der Waals surface area contributed by atoms with Crippen molar-refractivity contribution < 1.29 is 13.8 Å². The molecule has 2 atom stereocenters. The maximum Gasteiger partial charge on any atom is 0.182 e. The molecule has 0 aromatic rings. The van der Waals surface area contributed by atoms with Gasteiger partial charge in [0.2, 0.25) is 0 Å². The first-order valence-corrected chi connectivity index (χ1v) is 12.7. The zero-order chi connectivity index (χ0) is 19.8. The first kappa shape index (κ1) is 27.1. The second-order valence-corrected chi connectivity index (χ2v) is 8.23. The van der Waals surface area contributed by atoms with E-state index in [1.165, 1.54) is 103 Å². The third-order valence-corrected chi connectivity index (χ3v) is 5.59. The van der Waals surface area contributed by atoms with Gasteiger partial charge in [-0.25, -0.2) is 0 Å². The summed E-state index contributed by atoms with van der Waals surface area (Å²) >= 11 is 0. The molecule has 4 nitrogen and oxygen atoms in total. The molecule has 0 aliphatic carbocycles. The van der Waals surface area contributed by atoms with Gasteiger partial charge < -0.3 is 15.0 Å². The van der Waals surface area contributed by atoms with Gasteiger partial charge in [0.05, 0.1) is 6.61 Å². The molecule has 0 rings (SSSR count). The molecular formula is C22H48NO3P. The number of unbranched alkanes of at least 4 members (excludes halogenated alkanes) is 16. The first-order valence-electron chi connectivity index (χ1n) is 11.8. The van der Waals surface area contributed by atoms with Gasteiger partial charge in [-0.15, -0.1) is 0 Å². The summed E-state index contributed by atoms with van der Waals surface area (Å²) in [6, 6.07) is 0. The first-order chi connectivity index (χ1) is 13.3. The van der Waals surface area contributed by atoms with Crippen LogP contribution in [-0.4, -0.2) is 19.4 Å². The van der Waals surface area contributed by atoms with Crippen LogP contribution >= 0.6 is 8.69 Å². The summed E-state index contributed by atoms with van der Waals surface area (Å²) in [5, 5.41) is 0. The average Bonchev–Trinajstić information content (AvgIpc) is 2.68. The number of hydrogen-bond donors (Lipinski definition) is 1. The third kappa shape index (κ3) is 22.3. The van der Waals surface area contributed by atoms with Gasteiger partial charge in [0, 0.05) is 6.54 Å². The fraction of sp³-hybridized carbons (Fsp3) is 1.00. The quantitative estimate of drug-likeness (QED) is 0.113. The van der Waals surface area contributed by atoms with E-state index in [-0.39, 0.29) is 6.29 Å². The van der Waals surface area contributed by atoms with Crippen molar-refractivity contribution in [2.75, 3.05) is 13.2 Å². The van der Waals surface area contributed by atoms with Crippen LogP contribution in [0, 0.1) is 0 Å². The molecule has 0 aromatic carbocycles. The van der Waals surface area contributed by atoms with Gasteiger partial charge in [-0.3, -0.25) is 4.57 Å². The number of nitrogens with two attached hydrogens (primary N) is 1.